The predicted octanol–water partition coefficient (Wildman–Crippen LogP) is 2.99. The van der Waals surface area contributed by atoms with Crippen molar-refractivity contribution in [1.82, 2.24) is 4.98 Å². The van der Waals surface area contributed by atoms with Gasteiger partial charge in [0.1, 0.15) is 17.8 Å². The van der Waals surface area contributed by atoms with Gasteiger partial charge in [0.2, 0.25) is 0 Å². The molecule has 1 aliphatic heterocycles. The number of para-hydroxylation sites is 1. The highest BCUT2D eigenvalue weighted by Gasteiger charge is 2.27. The van der Waals surface area contributed by atoms with Gasteiger partial charge in [-0.2, -0.15) is 0 Å². The summed E-state index contributed by atoms with van der Waals surface area (Å²) in [6.07, 6.45) is 2.32. The van der Waals surface area contributed by atoms with Crippen molar-refractivity contribution in [2.24, 2.45) is 0 Å². The Morgan fingerprint density at radius 3 is 2.82 bits per heavy atom. The summed E-state index contributed by atoms with van der Waals surface area (Å²) in [5.41, 5.74) is 1.22. The average molecular weight is 299 g/mol. The number of pyridine rings is 1. The van der Waals surface area contributed by atoms with Crippen molar-refractivity contribution in [2.45, 2.75) is 12.3 Å². The van der Waals surface area contributed by atoms with Crippen LogP contribution in [0, 0.1) is 10.1 Å². The van der Waals surface area contributed by atoms with Crippen molar-refractivity contribution in [2.75, 3.05) is 25.1 Å². The van der Waals surface area contributed by atoms with Crippen LogP contribution in [0.3, 0.4) is 0 Å². The van der Waals surface area contributed by atoms with Gasteiger partial charge in [-0.15, -0.1) is 0 Å². The first kappa shape index (κ1) is 14.3. The molecule has 1 aromatic heterocycles. The Balaban J connectivity index is 1.76. The molecule has 3 rings (SSSR count). The number of rotatable bonds is 4. The Kier molecular flexibility index (Phi) is 3.91. The van der Waals surface area contributed by atoms with Crippen LogP contribution in [0.25, 0.3) is 0 Å². The molecule has 1 aromatic carbocycles. The smallest absolute Gasteiger partial charge is 0.287 e. The van der Waals surface area contributed by atoms with Crippen LogP contribution in [0.2, 0.25) is 0 Å². The fraction of sp³-hybridized carbons (Fsp3) is 0.312. The standard InChI is InChI=1S/C16H17N3O3/c1-22-15-5-3-2-4-14(15)12-8-9-18(11-12)16-7-6-13(10-17-16)19(20)21/h2-7,10,12H,8-9,11H2,1H3. The maximum Gasteiger partial charge on any atom is 0.287 e. The molecule has 2 heterocycles. The van der Waals surface area contributed by atoms with E-state index < -0.39 is 4.92 Å². The van der Waals surface area contributed by atoms with Gasteiger partial charge in [-0.1, -0.05) is 18.2 Å². The molecule has 22 heavy (non-hydrogen) atoms. The van der Waals surface area contributed by atoms with E-state index in [0.29, 0.717) is 5.92 Å². The molecule has 114 valence electrons. The molecular formula is C16H17N3O3. The maximum atomic E-state index is 10.7. The van der Waals surface area contributed by atoms with Gasteiger partial charge >= 0.3 is 0 Å². The Labute approximate surface area is 128 Å². The quantitative estimate of drug-likeness (QED) is 0.641. The molecule has 2 aromatic rings. The molecule has 0 N–H and O–H groups in total. The van der Waals surface area contributed by atoms with Crippen LogP contribution in [0.4, 0.5) is 11.5 Å². The topological polar surface area (TPSA) is 68.5 Å². The molecule has 1 aliphatic rings. The summed E-state index contributed by atoms with van der Waals surface area (Å²) < 4.78 is 5.43. The lowest BCUT2D eigenvalue weighted by atomic mass is 9.97. The molecule has 0 saturated carbocycles. The van der Waals surface area contributed by atoms with E-state index in [1.807, 2.05) is 18.2 Å². The van der Waals surface area contributed by atoms with Crippen LogP contribution in [-0.4, -0.2) is 30.1 Å². The summed E-state index contributed by atoms with van der Waals surface area (Å²) in [6, 6.07) is 11.3. The minimum absolute atomic E-state index is 0.0178. The minimum Gasteiger partial charge on any atom is -0.496 e. The number of nitrogens with zero attached hydrogens (tertiary/aromatic N) is 3. The second-order valence-corrected chi connectivity index (χ2v) is 5.31. The maximum absolute atomic E-state index is 10.7. The van der Waals surface area contributed by atoms with Crippen LogP contribution in [0.5, 0.6) is 5.75 Å². The van der Waals surface area contributed by atoms with Crippen molar-refractivity contribution in [1.29, 1.82) is 0 Å². The van der Waals surface area contributed by atoms with Crippen molar-refractivity contribution in [3.63, 3.8) is 0 Å². The first-order valence-corrected chi connectivity index (χ1v) is 7.17. The number of hydrogen-bond acceptors (Lipinski definition) is 5. The highest BCUT2D eigenvalue weighted by atomic mass is 16.6. The van der Waals surface area contributed by atoms with Crippen molar-refractivity contribution in [3.05, 3.63) is 58.3 Å². The Morgan fingerprint density at radius 1 is 1.32 bits per heavy atom. The van der Waals surface area contributed by atoms with Gasteiger partial charge in [0.05, 0.1) is 12.0 Å². The van der Waals surface area contributed by atoms with E-state index in [9.17, 15) is 10.1 Å². The molecule has 1 fully saturated rings. The first-order valence-electron chi connectivity index (χ1n) is 7.17. The van der Waals surface area contributed by atoms with Gasteiger partial charge in [0.15, 0.2) is 0 Å². The molecule has 0 spiro atoms. The summed E-state index contributed by atoms with van der Waals surface area (Å²) in [7, 11) is 1.68. The highest BCUT2D eigenvalue weighted by molar-refractivity contribution is 5.46. The molecule has 0 radical (unpaired) electrons. The third kappa shape index (κ3) is 2.72. The summed E-state index contributed by atoms with van der Waals surface area (Å²) in [5, 5.41) is 10.7. The lowest BCUT2D eigenvalue weighted by molar-refractivity contribution is -0.385. The van der Waals surface area contributed by atoms with E-state index in [-0.39, 0.29) is 5.69 Å². The molecule has 0 bridgehead atoms. The van der Waals surface area contributed by atoms with Crippen LogP contribution >= 0.6 is 0 Å². The van der Waals surface area contributed by atoms with E-state index >= 15 is 0 Å². The van der Waals surface area contributed by atoms with E-state index in [4.69, 9.17) is 4.74 Å². The molecule has 1 atom stereocenters. The first-order chi connectivity index (χ1) is 10.7. The number of methoxy groups -OCH3 is 1. The van der Waals surface area contributed by atoms with Gasteiger partial charge in [-0.05, 0) is 24.1 Å². The molecule has 0 aliphatic carbocycles. The Morgan fingerprint density at radius 2 is 2.14 bits per heavy atom. The lowest BCUT2D eigenvalue weighted by Gasteiger charge is -2.18. The monoisotopic (exact) mass is 299 g/mol. The SMILES string of the molecule is COc1ccccc1C1CCN(c2ccc([N+](=O)[O-])cn2)C1. The van der Waals surface area contributed by atoms with Crippen molar-refractivity contribution >= 4 is 11.5 Å². The number of hydrogen-bond donors (Lipinski definition) is 0. The summed E-state index contributed by atoms with van der Waals surface area (Å²) >= 11 is 0. The molecule has 0 amide bonds. The van der Waals surface area contributed by atoms with Gasteiger partial charge < -0.3 is 9.64 Å². The number of benzene rings is 1. The van der Waals surface area contributed by atoms with E-state index in [2.05, 4.69) is 16.0 Å². The van der Waals surface area contributed by atoms with E-state index in [0.717, 1.165) is 31.1 Å². The number of aromatic nitrogens is 1. The zero-order valence-electron chi connectivity index (χ0n) is 12.3. The normalized spacial score (nSPS) is 17.5. The minimum atomic E-state index is -0.432. The van der Waals surface area contributed by atoms with Gasteiger partial charge in [0.25, 0.3) is 5.69 Å². The zero-order valence-corrected chi connectivity index (χ0v) is 12.3. The van der Waals surface area contributed by atoms with Crippen LogP contribution < -0.4 is 9.64 Å². The molecule has 6 heteroatoms. The summed E-state index contributed by atoms with van der Waals surface area (Å²) in [6.45, 7) is 1.72. The molecular weight excluding hydrogens is 282 g/mol. The summed E-state index contributed by atoms with van der Waals surface area (Å²) in [4.78, 5) is 16.6. The van der Waals surface area contributed by atoms with Crippen molar-refractivity contribution in [3.8, 4) is 5.75 Å². The number of nitro groups is 1. The predicted molar refractivity (Wildman–Crippen MR) is 83.5 cm³/mol. The molecule has 6 nitrogen and oxygen atoms in total. The van der Waals surface area contributed by atoms with E-state index in [1.54, 1.807) is 13.2 Å². The number of ether oxygens (including phenoxy) is 1. The largest absolute Gasteiger partial charge is 0.496 e. The fourth-order valence-corrected chi connectivity index (χ4v) is 2.90. The van der Waals surface area contributed by atoms with Crippen LogP contribution in [-0.2, 0) is 0 Å². The zero-order chi connectivity index (χ0) is 15.5. The van der Waals surface area contributed by atoms with Crippen LogP contribution in [0.1, 0.15) is 17.9 Å². The van der Waals surface area contributed by atoms with Gasteiger partial charge in [0, 0.05) is 25.1 Å². The lowest BCUT2D eigenvalue weighted by Crippen LogP contribution is -2.20. The highest BCUT2D eigenvalue weighted by Crippen LogP contribution is 2.34. The second kappa shape index (κ2) is 6.01. The molecule has 1 unspecified atom stereocenters. The Bertz CT molecular complexity index is 673. The van der Waals surface area contributed by atoms with Gasteiger partial charge in [-0.25, -0.2) is 4.98 Å². The molecule has 1 saturated heterocycles. The van der Waals surface area contributed by atoms with Gasteiger partial charge in [-0.3, -0.25) is 10.1 Å². The fourth-order valence-electron chi connectivity index (χ4n) is 2.90. The average Bonchev–Trinajstić information content (AvgIpc) is 3.04. The summed E-state index contributed by atoms with van der Waals surface area (Å²) in [5.74, 6) is 2.07. The van der Waals surface area contributed by atoms with Crippen LogP contribution in [0.15, 0.2) is 42.6 Å². The number of anilines is 1. The van der Waals surface area contributed by atoms with Crippen molar-refractivity contribution < 1.29 is 9.66 Å². The third-order valence-electron chi connectivity index (χ3n) is 4.03. The Hall–Kier alpha value is -2.63. The second-order valence-electron chi connectivity index (χ2n) is 5.31. The third-order valence-corrected chi connectivity index (χ3v) is 4.03. The van der Waals surface area contributed by atoms with E-state index in [1.165, 1.54) is 17.8 Å².